The fraction of sp³-hybridized carbons (Fsp3) is 0.526. The molecule has 0 aliphatic carbocycles. The lowest BCUT2D eigenvalue weighted by molar-refractivity contribution is -0.115. The number of aromatic nitrogens is 3. The molecule has 26 heavy (non-hydrogen) atoms. The molecule has 0 saturated carbocycles. The van der Waals surface area contributed by atoms with Gasteiger partial charge < -0.3 is 14.6 Å². The normalized spacial score (nSPS) is 18.1. The largest absolute Gasteiger partial charge is 0.376 e. The third kappa shape index (κ3) is 4.27. The summed E-state index contributed by atoms with van der Waals surface area (Å²) in [7, 11) is 0. The van der Waals surface area contributed by atoms with Crippen LogP contribution in [0.4, 0.5) is 5.69 Å². The van der Waals surface area contributed by atoms with Gasteiger partial charge in [-0.25, -0.2) is 0 Å². The second-order valence-corrected chi connectivity index (χ2v) is 8.10. The fourth-order valence-corrected chi connectivity index (χ4v) is 4.00. The highest BCUT2D eigenvalue weighted by Gasteiger charge is 2.23. The number of anilines is 1. The SMILES string of the molecule is Cc1cccc(C)c1NC(=O)[C@@H](C)Sc1nnc(C)n1C[C@H]1CCCO1. The highest BCUT2D eigenvalue weighted by atomic mass is 32.2. The Hall–Kier alpha value is -1.86. The Morgan fingerprint density at radius 3 is 2.73 bits per heavy atom. The number of carbonyl (C=O) groups is 1. The van der Waals surface area contributed by atoms with Crippen molar-refractivity contribution in [1.82, 2.24) is 14.8 Å². The Kier molecular flexibility index (Phi) is 5.98. The van der Waals surface area contributed by atoms with Crippen LogP contribution in [0.1, 0.15) is 36.7 Å². The maximum Gasteiger partial charge on any atom is 0.237 e. The molecule has 6 nitrogen and oxygen atoms in total. The molecule has 2 atom stereocenters. The van der Waals surface area contributed by atoms with Gasteiger partial charge >= 0.3 is 0 Å². The summed E-state index contributed by atoms with van der Waals surface area (Å²) in [5, 5.41) is 12.0. The Balaban J connectivity index is 1.67. The van der Waals surface area contributed by atoms with Gasteiger partial charge in [0.2, 0.25) is 5.91 Å². The maximum atomic E-state index is 12.7. The molecule has 1 aliphatic heterocycles. The standard InChI is InChI=1S/C19H26N4O2S/c1-12-7-5-8-13(2)17(12)20-18(24)14(3)26-19-22-21-15(4)23(19)11-16-9-6-10-25-16/h5,7-8,14,16H,6,9-11H2,1-4H3,(H,20,24)/t14-,16-/m1/s1. The van der Waals surface area contributed by atoms with Crippen LogP contribution in [-0.4, -0.2) is 38.6 Å². The number of hydrogen-bond acceptors (Lipinski definition) is 5. The van der Waals surface area contributed by atoms with E-state index in [4.69, 9.17) is 4.74 Å². The molecule has 1 N–H and O–H groups in total. The lowest BCUT2D eigenvalue weighted by Crippen LogP contribution is -2.24. The van der Waals surface area contributed by atoms with E-state index in [9.17, 15) is 4.79 Å². The van der Waals surface area contributed by atoms with Gasteiger partial charge in [0.1, 0.15) is 5.82 Å². The third-order valence-electron chi connectivity index (χ3n) is 4.69. The predicted molar refractivity (Wildman–Crippen MR) is 104 cm³/mol. The molecule has 140 valence electrons. The van der Waals surface area contributed by atoms with Crippen molar-refractivity contribution in [3.63, 3.8) is 0 Å². The fourth-order valence-electron chi connectivity index (χ4n) is 3.10. The number of hydrogen-bond donors (Lipinski definition) is 1. The minimum absolute atomic E-state index is 0.0308. The molecule has 0 spiro atoms. The number of ether oxygens (including phenoxy) is 1. The smallest absolute Gasteiger partial charge is 0.237 e. The minimum Gasteiger partial charge on any atom is -0.376 e. The Morgan fingerprint density at radius 1 is 1.35 bits per heavy atom. The Labute approximate surface area is 158 Å². The number of carbonyl (C=O) groups excluding carboxylic acids is 1. The highest BCUT2D eigenvalue weighted by Crippen LogP contribution is 2.26. The Bertz CT molecular complexity index is 764. The molecule has 7 heteroatoms. The van der Waals surface area contributed by atoms with Crippen molar-refractivity contribution < 1.29 is 9.53 Å². The lowest BCUT2D eigenvalue weighted by atomic mass is 10.1. The molecular formula is C19H26N4O2S. The van der Waals surface area contributed by atoms with Crippen LogP contribution >= 0.6 is 11.8 Å². The van der Waals surface area contributed by atoms with Gasteiger partial charge in [-0.1, -0.05) is 30.0 Å². The average molecular weight is 375 g/mol. The topological polar surface area (TPSA) is 69.0 Å². The van der Waals surface area contributed by atoms with Crippen molar-refractivity contribution in [1.29, 1.82) is 0 Å². The molecule has 1 aromatic carbocycles. The lowest BCUT2D eigenvalue weighted by Gasteiger charge is -2.17. The van der Waals surface area contributed by atoms with Crippen molar-refractivity contribution in [3.05, 3.63) is 35.2 Å². The average Bonchev–Trinajstić information content (AvgIpc) is 3.23. The van der Waals surface area contributed by atoms with Crippen LogP contribution in [0.3, 0.4) is 0 Å². The zero-order valence-corrected chi connectivity index (χ0v) is 16.6. The van der Waals surface area contributed by atoms with E-state index in [1.165, 1.54) is 11.8 Å². The number of thioether (sulfide) groups is 1. The summed E-state index contributed by atoms with van der Waals surface area (Å²) >= 11 is 1.44. The first-order valence-electron chi connectivity index (χ1n) is 9.01. The second-order valence-electron chi connectivity index (χ2n) is 6.79. The van der Waals surface area contributed by atoms with E-state index in [0.717, 1.165) is 53.8 Å². The van der Waals surface area contributed by atoms with E-state index in [2.05, 4.69) is 20.1 Å². The molecule has 1 saturated heterocycles. The van der Waals surface area contributed by atoms with Gasteiger partial charge in [0.05, 0.1) is 17.9 Å². The summed E-state index contributed by atoms with van der Waals surface area (Å²) in [5.74, 6) is 0.821. The summed E-state index contributed by atoms with van der Waals surface area (Å²) in [5.41, 5.74) is 3.02. The van der Waals surface area contributed by atoms with E-state index < -0.39 is 0 Å². The first-order chi connectivity index (χ1) is 12.5. The first kappa shape index (κ1) is 18.9. The summed E-state index contributed by atoms with van der Waals surface area (Å²) in [6.07, 6.45) is 2.37. The van der Waals surface area contributed by atoms with Crippen molar-refractivity contribution >= 4 is 23.4 Å². The number of nitrogens with zero attached hydrogens (tertiary/aromatic N) is 3. The van der Waals surface area contributed by atoms with Crippen LogP contribution in [0.2, 0.25) is 0 Å². The monoisotopic (exact) mass is 374 g/mol. The van der Waals surface area contributed by atoms with E-state index in [1.54, 1.807) is 0 Å². The van der Waals surface area contributed by atoms with Crippen molar-refractivity contribution in [3.8, 4) is 0 Å². The van der Waals surface area contributed by atoms with Gasteiger partial charge in [-0.05, 0) is 51.7 Å². The zero-order chi connectivity index (χ0) is 18.7. The van der Waals surface area contributed by atoms with Gasteiger partial charge in [-0.2, -0.15) is 0 Å². The van der Waals surface area contributed by atoms with Gasteiger partial charge in [0, 0.05) is 12.3 Å². The minimum atomic E-state index is -0.277. The zero-order valence-electron chi connectivity index (χ0n) is 15.8. The summed E-state index contributed by atoms with van der Waals surface area (Å²) in [6.45, 7) is 9.40. The second kappa shape index (κ2) is 8.22. The molecule has 1 aromatic heterocycles. The third-order valence-corrected chi connectivity index (χ3v) is 5.77. The van der Waals surface area contributed by atoms with Gasteiger partial charge in [-0.3, -0.25) is 4.79 Å². The van der Waals surface area contributed by atoms with Crippen LogP contribution in [0, 0.1) is 20.8 Å². The molecule has 0 bridgehead atoms. The van der Waals surface area contributed by atoms with Crippen molar-refractivity contribution in [2.75, 3.05) is 11.9 Å². The van der Waals surface area contributed by atoms with E-state index in [0.29, 0.717) is 0 Å². The number of para-hydroxylation sites is 1. The molecule has 1 aliphatic rings. The van der Waals surface area contributed by atoms with Crippen LogP contribution in [-0.2, 0) is 16.1 Å². The van der Waals surface area contributed by atoms with Gasteiger partial charge in [0.25, 0.3) is 0 Å². The van der Waals surface area contributed by atoms with Gasteiger partial charge in [-0.15, -0.1) is 10.2 Å². The summed E-state index contributed by atoms with van der Waals surface area (Å²) in [4.78, 5) is 12.7. The molecule has 0 radical (unpaired) electrons. The van der Waals surface area contributed by atoms with Crippen LogP contribution in [0.5, 0.6) is 0 Å². The number of benzene rings is 1. The van der Waals surface area contributed by atoms with Crippen LogP contribution < -0.4 is 5.32 Å². The summed E-state index contributed by atoms with van der Waals surface area (Å²) in [6, 6.07) is 6.00. The molecule has 1 amide bonds. The van der Waals surface area contributed by atoms with Crippen LogP contribution in [0.25, 0.3) is 0 Å². The molecule has 0 unspecified atom stereocenters. The van der Waals surface area contributed by atoms with E-state index in [-0.39, 0.29) is 17.3 Å². The van der Waals surface area contributed by atoms with Crippen LogP contribution in [0.15, 0.2) is 23.4 Å². The van der Waals surface area contributed by atoms with Crippen molar-refractivity contribution in [2.45, 2.75) is 63.6 Å². The molecule has 3 rings (SSSR count). The van der Waals surface area contributed by atoms with Crippen molar-refractivity contribution in [2.24, 2.45) is 0 Å². The van der Waals surface area contributed by atoms with E-state index in [1.807, 2.05) is 45.9 Å². The van der Waals surface area contributed by atoms with E-state index >= 15 is 0 Å². The molecular weight excluding hydrogens is 348 g/mol. The summed E-state index contributed by atoms with van der Waals surface area (Å²) < 4.78 is 7.79. The molecule has 2 heterocycles. The maximum absolute atomic E-state index is 12.7. The number of amides is 1. The molecule has 2 aromatic rings. The van der Waals surface area contributed by atoms with Gasteiger partial charge in [0.15, 0.2) is 5.16 Å². The highest BCUT2D eigenvalue weighted by molar-refractivity contribution is 8.00. The quantitative estimate of drug-likeness (QED) is 0.784. The molecule has 1 fully saturated rings. The Morgan fingerprint density at radius 2 is 2.08 bits per heavy atom. The number of rotatable bonds is 6. The predicted octanol–water partition coefficient (Wildman–Crippen LogP) is 3.50. The number of aryl methyl sites for hydroxylation is 3. The first-order valence-corrected chi connectivity index (χ1v) is 9.89. The number of nitrogens with one attached hydrogen (secondary N) is 1.